The summed E-state index contributed by atoms with van der Waals surface area (Å²) < 4.78 is 15.5. The highest BCUT2D eigenvalue weighted by molar-refractivity contribution is 6.38. The molecule has 2 radical (unpaired) electrons. The van der Waals surface area contributed by atoms with E-state index in [-0.39, 0.29) is 0 Å². The molecule has 0 atom stereocenters. The molecule has 4 nitrogen and oxygen atoms in total. The van der Waals surface area contributed by atoms with Crippen molar-refractivity contribution in [1.82, 2.24) is 5.32 Å². The minimum atomic E-state index is -0.826. The molecule has 0 aromatic carbocycles. The fourth-order valence-corrected chi connectivity index (χ4v) is 2.07. The third kappa shape index (κ3) is 4.73. The fourth-order valence-electron chi connectivity index (χ4n) is 0.973. The van der Waals surface area contributed by atoms with E-state index in [1.807, 2.05) is 7.05 Å². The number of hydrogen-bond acceptors (Lipinski definition) is 4. The molecule has 0 saturated carbocycles. The van der Waals surface area contributed by atoms with Crippen molar-refractivity contribution in [1.29, 1.82) is 0 Å². The molecule has 0 aromatic rings. The van der Waals surface area contributed by atoms with Gasteiger partial charge in [-0.1, -0.05) is 6.04 Å². The molecular weight excluding hydrogens is 186 g/mol. The lowest BCUT2D eigenvalue weighted by Crippen LogP contribution is -2.42. The Bertz CT molecular complexity index is 112. The van der Waals surface area contributed by atoms with Crippen molar-refractivity contribution in [2.75, 3.05) is 34.9 Å². The van der Waals surface area contributed by atoms with Crippen molar-refractivity contribution < 1.29 is 14.2 Å². The Morgan fingerprint density at radius 3 is 2.08 bits per heavy atom. The Morgan fingerprint density at radius 1 is 1.15 bits per heavy atom. The van der Waals surface area contributed by atoms with Gasteiger partial charge in [0.05, 0.1) is 0 Å². The van der Waals surface area contributed by atoms with Crippen LogP contribution in [0.5, 0.6) is 0 Å². The van der Waals surface area contributed by atoms with Gasteiger partial charge in [-0.05, 0) is 20.0 Å². The molecule has 0 aliphatic heterocycles. The van der Waals surface area contributed by atoms with Gasteiger partial charge in [-0.2, -0.15) is 0 Å². The summed E-state index contributed by atoms with van der Waals surface area (Å²) >= 11 is 0. The van der Waals surface area contributed by atoms with Crippen LogP contribution < -0.4 is 5.32 Å². The average Bonchev–Trinajstić information content (AvgIpc) is 2.20. The summed E-state index contributed by atoms with van der Waals surface area (Å²) in [6.45, 7) is 1.01. The normalized spacial score (nSPS) is 12.0. The Kier molecular flexibility index (Phi) is 7.49. The molecule has 0 spiro atoms. The van der Waals surface area contributed by atoms with Crippen LogP contribution in [0.1, 0.15) is 6.42 Å². The lowest BCUT2D eigenvalue weighted by molar-refractivity contribution is -0.294. The van der Waals surface area contributed by atoms with Gasteiger partial charge in [0.1, 0.15) is 0 Å². The minimum absolute atomic E-state index is 0.497. The first-order valence-corrected chi connectivity index (χ1v) is 5.50. The van der Waals surface area contributed by atoms with Crippen molar-refractivity contribution in [2.24, 2.45) is 0 Å². The second-order valence-electron chi connectivity index (χ2n) is 2.55. The first-order chi connectivity index (χ1) is 6.24. The topological polar surface area (TPSA) is 39.7 Å². The Balaban J connectivity index is 3.68. The molecule has 0 rings (SSSR count). The van der Waals surface area contributed by atoms with Crippen LogP contribution in [0.4, 0.5) is 0 Å². The summed E-state index contributed by atoms with van der Waals surface area (Å²) in [7, 11) is 7.23. The summed E-state index contributed by atoms with van der Waals surface area (Å²) in [6.07, 6.45) is 1.10. The quantitative estimate of drug-likeness (QED) is 0.351. The van der Waals surface area contributed by atoms with Crippen LogP contribution >= 0.6 is 0 Å². The van der Waals surface area contributed by atoms with E-state index < -0.39 is 5.60 Å². The molecular formula is C8H19NO3Si. The monoisotopic (exact) mass is 205 g/mol. The van der Waals surface area contributed by atoms with Gasteiger partial charge in [-0.15, -0.1) is 0 Å². The van der Waals surface area contributed by atoms with E-state index in [9.17, 15) is 0 Å². The van der Waals surface area contributed by atoms with Crippen LogP contribution in [0.3, 0.4) is 0 Å². The zero-order valence-corrected chi connectivity index (χ0v) is 9.85. The zero-order chi connectivity index (χ0) is 10.2. The van der Waals surface area contributed by atoms with Gasteiger partial charge in [0.25, 0.3) is 5.60 Å². The molecule has 0 heterocycles. The zero-order valence-electron chi connectivity index (χ0n) is 8.85. The average molecular weight is 205 g/mol. The third-order valence-electron chi connectivity index (χ3n) is 1.75. The molecule has 0 saturated heterocycles. The van der Waals surface area contributed by atoms with Crippen LogP contribution in [0.2, 0.25) is 6.04 Å². The summed E-state index contributed by atoms with van der Waals surface area (Å²) in [5.74, 6) is 0. The van der Waals surface area contributed by atoms with E-state index >= 15 is 0 Å². The van der Waals surface area contributed by atoms with Gasteiger partial charge >= 0.3 is 0 Å². The maximum atomic E-state index is 5.16. The molecule has 1 N–H and O–H groups in total. The summed E-state index contributed by atoms with van der Waals surface area (Å²) in [6, 6.07) is 1.04. The van der Waals surface area contributed by atoms with E-state index in [1.54, 1.807) is 21.3 Å². The number of nitrogens with one attached hydrogen (secondary N) is 1. The molecule has 0 aromatic heterocycles. The molecule has 0 unspecified atom stereocenters. The van der Waals surface area contributed by atoms with Crippen LogP contribution in [0, 0.1) is 0 Å². The number of methoxy groups -OCH3 is 3. The lowest BCUT2D eigenvalue weighted by Gasteiger charge is -2.28. The van der Waals surface area contributed by atoms with E-state index in [0.29, 0.717) is 9.52 Å². The van der Waals surface area contributed by atoms with Gasteiger partial charge in [0.15, 0.2) is 9.52 Å². The van der Waals surface area contributed by atoms with Gasteiger partial charge in [0.2, 0.25) is 0 Å². The highest BCUT2D eigenvalue weighted by atomic mass is 28.2. The highest BCUT2D eigenvalue weighted by Crippen LogP contribution is 2.12. The van der Waals surface area contributed by atoms with Crippen molar-refractivity contribution in [2.45, 2.75) is 18.1 Å². The van der Waals surface area contributed by atoms with Gasteiger partial charge in [-0.25, -0.2) is 0 Å². The first kappa shape index (κ1) is 13.1. The molecule has 0 amide bonds. The molecule has 0 bridgehead atoms. The standard InChI is InChI=1S/C8H19NO3Si/c1-9-6-5-7-13-8(10-2,11-3)12-4/h9H,5-7H2,1-4H3. The van der Waals surface area contributed by atoms with Gasteiger partial charge < -0.3 is 19.5 Å². The number of hydrogen-bond donors (Lipinski definition) is 1. The molecule has 13 heavy (non-hydrogen) atoms. The Hall–Kier alpha value is 0.0569. The maximum absolute atomic E-state index is 5.16. The summed E-state index contributed by atoms with van der Waals surface area (Å²) in [4.78, 5) is 0. The van der Waals surface area contributed by atoms with E-state index in [2.05, 4.69) is 5.32 Å². The number of rotatable bonds is 8. The molecule has 0 aliphatic carbocycles. The molecule has 0 aliphatic rings. The van der Waals surface area contributed by atoms with Crippen LogP contribution in [-0.4, -0.2) is 50.0 Å². The van der Waals surface area contributed by atoms with Crippen LogP contribution in [0.15, 0.2) is 0 Å². The van der Waals surface area contributed by atoms with E-state index in [4.69, 9.17) is 14.2 Å². The number of ether oxygens (including phenoxy) is 3. The second kappa shape index (κ2) is 7.46. The molecule has 0 fully saturated rings. The van der Waals surface area contributed by atoms with Crippen molar-refractivity contribution in [3.05, 3.63) is 0 Å². The van der Waals surface area contributed by atoms with Gasteiger partial charge in [0, 0.05) is 21.3 Å². The smallest absolute Gasteiger partial charge is 0.250 e. The third-order valence-corrected chi connectivity index (χ3v) is 3.40. The van der Waals surface area contributed by atoms with Crippen LogP contribution in [0.25, 0.3) is 0 Å². The molecule has 5 heteroatoms. The first-order valence-electron chi connectivity index (χ1n) is 4.29. The fraction of sp³-hybridized carbons (Fsp3) is 1.00. The predicted molar refractivity (Wildman–Crippen MR) is 52.9 cm³/mol. The van der Waals surface area contributed by atoms with Crippen molar-refractivity contribution in [3.8, 4) is 0 Å². The van der Waals surface area contributed by atoms with Crippen LogP contribution in [-0.2, 0) is 14.2 Å². The molecule has 78 valence electrons. The predicted octanol–water partition coefficient (Wildman–Crippen LogP) is 0.269. The second-order valence-corrected chi connectivity index (χ2v) is 4.02. The van der Waals surface area contributed by atoms with Crippen molar-refractivity contribution >= 4 is 9.52 Å². The minimum Gasteiger partial charge on any atom is -0.335 e. The Labute approximate surface area is 82.8 Å². The highest BCUT2D eigenvalue weighted by Gasteiger charge is 2.28. The summed E-state index contributed by atoms with van der Waals surface area (Å²) in [5, 5.41) is 3.09. The largest absolute Gasteiger partial charge is 0.335 e. The van der Waals surface area contributed by atoms with E-state index in [0.717, 1.165) is 19.0 Å². The maximum Gasteiger partial charge on any atom is 0.250 e. The lowest BCUT2D eigenvalue weighted by atomic mass is 10.5. The SMILES string of the molecule is CNCCC[Si]C(OC)(OC)OC. The van der Waals surface area contributed by atoms with E-state index in [1.165, 1.54) is 0 Å². The Morgan fingerprint density at radius 2 is 1.69 bits per heavy atom. The summed E-state index contributed by atoms with van der Waals surface area (Å²) in [5.41, 5.74) is -0.826. The van der Waals surface area contributed by atoms with Gasteiger partial charge in [-0.3, -0.25) is 0 Å². The van der Waals surface area contributed by atoms with Crippen molar-refractivity contribution in [3.63, 3.8) is 0 Å².